The van der Waals surface area contributed by atoms with Crippen LogP contribution in [0, 0.1) is 0 Å². The van der Waals surface area contributed by atoms with E-state index in [1.54, 1.807) is 49.6 Å². The Kier molecular flexibility index (Phi) is 6.63. The maximum absolute atomic E-state index is 13.2. The van der Waals surface area contributed by atoms with Gasteiger partial charge < -0.3 is 14.8 Å². The number of hydrogen-bond donors (Lipinski definition) is 1. The minimum atomic E-state index is -0.647. The highest BCUT2D eigenvalue weighted by atomic mass is 32.1. The van der Waals surface area contributed by atoms with Crippen LogP contribution in [0.3, 0.4) is 0 Å². The highest BCUT2D eigenvalue weighted by Crippen LogP contribution is 2.30. The lowest BCUT2D eigenvalue weighted by atomic mass is 10.2. The molecule has 1 N–H and O–H groups in total. The number of amides is 1. The second-order valence-corrected chi connectivity index (χ2v) is 6.94. The molecular weight excluding hydrogens is 406 g/mol. The second-order valence-electron chi connectivity index (χ2n) is 6.06. The van der Waals surface area contributed by atoms with E-state index >= 15 is 0 Å². The fourth-order valence-electron chi connectivity index (χ4n) is 2.82. The van der Waals surface area contributed by atoms with E-state index in [0.29, 0.717) is 28.4 Å². The van der Waals surface area contributed by atoms with Gasteiger partial charge in [0.1, 0.15) is 10.8 Å². The number of rotatable bonds is 7. The molecule has 0 saturated carbocycles. The lowest BCUT2D eigenvalue weighted by molar-refractivity contribution is -0.111. The van der Waals surface area contributed by atoms with E-state index in [1.165, 1.54) is 6.08 Å². The normalized spacial score (nSPS) is 11.0. The van der Waals surface area contributed by atoms with Crippen LogP contribution in [0.15, 0.2) is 46.6 Å². The number of hydrogen-bond acceptors (Lipinski definition) is 7. The van der Waals surface area contributed by atoms with Crippen molar-refractivity contribution in [3.63, 3.8) is 0 Å². The first-order valence-electron chi connectivity index (χ1n) is 9.38. The molecule has 0 aliphatic rings. The maximum atomic E-state index is 13.2. The lowest BCUT2D eigenvalue weighted by Crippen LogP contribution is -2.25. The van der Waals surface area contributed by atoms with Crippen LogP contribution in [-0.4, -0.2) is 34.9 Å². The zero-order valence-electron chi connectivity index (χ0n) is 16.8. The van der Waals surface area contributed by atoms with Crippen molar-refractivity contribution in [2.75, 3.05) is 18.5 Å². The number of anilines is 1. The van der Waals surface area contributed by atoms with Gasteiger partial charge in [-0.3, -0.25) is 9.59 Å². The summed E-state index contributed by atoms with van der Waals surface area (Å²) in [7, 11) is 0. The predicted molar refractivity (Wildman–Crippen MR) is 116 cm³/mol. The third kappa shape index (κ3) is 4.25. The van der Waals surface area contributed by atoms with Crippen molar-refractivity contribution in [2.45, 2.75) is 20.8 Å². The highest BCUT2D eigenvalue weighted by molar-refractivity contribution is 7.16. The van der Waals surface area contributed by atoms with Crippen molar-refractivity contribution < 1.29 is 19.1 Å². The number of aromatic nitrogens is 2. The summed E-state index contributed by atoms with van der Waals surface area (Å²) in [6.45, 7) is 5.96. The zero-order valence-corrected chi connectivity index (χ0v) is 17.6. The molecule has 2 heterocycles. The minimum absolute atomic E-state index is 0.00289. The van der Waals surface area contributed by atoms with Gasteiger partial charge in [-0.25, -0.2) is 4.79 Å². The highest BCUT2D eigenvalue weighted by Gasteiger charge is 2.22. The molecule has 0 aliphatic heterocycles. The van der Waals surface area contributed by atoms with Crippen molar-refractivity contribution in [3.05, 3.63) is 57.8 Å². The number of carbonyl (C=O) groups is 2. The summed E-state index contributed by atoms with van der Waals surface area (Å²) < 4.78 is 11.7. The van der Waals surface area contributed by atoms with E-state index in [2.05, 4.69) is 10.4 Å². The number of nitrogens with zero attached hydrogens (tertiary/aromatic N) is 2. The zero-order chi connectivity index (χ0) is 21.7. The van der Waals surface area contributed by atoms with Crippen LogP contribution < -0.4 is 15.6 Å². The monoisotopic (exact) mass is 427 g/mol. The molecule has 0 unspecified atom stereocenters. The molecule has 3 rings (SSSR count). The molecular formula is C21H21N3O5S. The molecule has 30 heavy (non-hydrogen) atoms. The number of nitrogens with one attached hydrogen (secondary N) is 1. The van der Waals surface area contributed by atoms with Crippen molar-refractivity contribution in [1.29, 1.82) is 0 Å². The molecule has 1 aromatic carbocycles. The Balaban J connectivity index is 2.21. The van der Waals surface area contributed by atoms with E-state index in [1.807, 2.05) is 6.92 Å². The number of carbonyl (C=O) groups excluding carboxylic acids is 2. The van der Waals surface area contributed by atoms with Crippen LogP contribution in [0.4, 0.5) is 5.00 Å². The molecule has 0 atom stereocenters. The van der Waals surface area contributed by atoms with Gasteiger partial charge in [0.2, 0.25) is 5.91 Å². The van der Waals surface area contributed by atoms with E-state index in [9.17, 15) is 14.4 Å². The van der Waals surface area contributed by atoms with Crippen LogP contribution in [-0.2, 0) is 9.53 Å². The number of thiophene rings is 1. The Labute approximate surface area is 176 Å². The van der Waals surface area contributed by atoms with E-state index in [4.69, 9.17) is 9.47 Å². The fourth-order valence-corrected chi connectivity index (χ4v) is 3.76. The van der Waals surface area contributed by atoms with Gasteiger partial charge in [0.15, 0.2) is 5.69 Å². The van der Waals surface area contributed by atoms with Crippen molar-refractivity contribution in [3.8, 4) is 11.4 Å². The van der Waals surface area contributed by atoms with Crippen LogP contribution in [0.25, 0.3) is 16.5 Å². The molecule has 0 spiro atoms. The van der Waals surface area contributed by atoms with Crippen LogP contribution >= 0.6 is 11.3 Å². The van der Waals surface area contributed by atoms with Crippen molar-refractivity contribution in [2.24, 2.45) is 0 Å². The molecule has 9 heteroatoms. The Morgan fingerprint density at radius 1 is 1.20 bits per heavy atom. The molecule has 1 amide bonds. The van der Waals surface area contributed by atoms with Gasteiger partial charge in [0.25, 0.3) is 5.56 Å². The van der Waals surface area contributed by atoms with Crippen LogP contribution in [0.1, 0.15) is 31.3 Å². The first-order chi connectivity index (χ1) is 14.5. The van der Waals surface area contributed by atoms with E-state index in [0.717, 1.165) is 16.0 Å². The number of fused-ring (bicyclic) bond motifs is 1. The topological polar surface area (TPSA) is 99.5 Å². The quantitative estimate of drug-likeness (QED) is 0.457. The Hall–Kier alpha value is -3.46. The average Bonchev–Trinajstić information content (AvgIpc) is 3.14. The second kappa shape index (κ2) is 9.36. The largest absolute Gasteiger partial charge is 0.494 e. The summed E-state index contributed by atoms with van der Waals surface area (Å²) in [4.78, 5) is 37.8. The number of esters is 1. The van der Waals surface area contributed by atoms with Crippen molar-refractivity contribution in [1.82, 2.24) is 9.78 Å². The van der Waals surface area contributed by atoms with E-state index in [-0.39, 0.29) is 23.6 Å². The van der Waals surface area contributed by atoms with Gasteiger partial charge in [0.05, 0.1) is 24.3 Å². The Morgan fingerprint density at radius 3 is 2.57 bits per heavy atom. The Bertz CT molecular complexity index is 1160. The summed E-state index contributed by atoms with van der Waals surface area (Å²) in [5, 5.41) is 9.44. The third-order valence-electron chi connectivity index (χ3n) is 4.07. The first-order valence-corrected chi connectivity index (χ1v) is 10.3. The van der Waals surface area contributed by atoms with E-state index < -0.39 is 11.5 Å². The SMILES string of the molecule is C/C=C/C(=O)Nc1scc2c(C(=O)OCC)nn(-c3ccc(OCC)cc3)c(=O)c12. The molecule has 0 saturated heterocycles. The van der Waals surface area contributed by atoms with Gasteiger partial charge in [0, 0.05) is 10.8 Å². The predicted octanol–water partition coefficient (Wildman–Crippen LogP) is 3.54. The van der Waals surface area contributed by atoms with Gasteiger partial charge in [-0.1, -0.05) is 6.08 Å². The molecule has 0 aliphatic carbocycles. The summed E-state index contributed by atoms with van der Waals surface area (Å²) in [6.07, 6.45) is 2.94. The summed E-state index contributed by atoms with van der Waals surface area (Å²) in [5.74, 6) is -0.370. The molecule has 8 nitrogen and oxygen atoms in total. The van der Waals surface area contributed by atoms with Crippen LogP contribution in [0.2, 0.25) is 0 Å². The first kappa shape index (κ1) is 21.3. The Morgan fingerprint density at radius 2 is 1.93 bits per heavy atom. The molecule has 156 valence electrons. The molecule has 2 aromatic heterocycles. The summed E-state index contributed by atoms with van der Waals surface area (Å²) in [5.41, 5.74) is -0.00446. The molecule has 3 aromatic rings. The number of allylic oxidation sites excluding steroid dienone is 1. The van der Waals surface area contributed by atoms with Gasteiger partial charge in [-0.15, -0.1) is 11.3 Å². The molecule has 0 radical (unpaired) electrons. The summed E-state index contributed by atoms with van der Waals surface area (Å²) >= 11 is 1.15. The number of benzene rings is 1. The minimum Gasteiger partial charge on any atom is -0.494 e. The third-order valence-corrected chi connectivity index (χ3v) is 4.96. The van der Waals surface area contributed by atoms with Gasteiger partial charge >= 0.3 is 5.97 Å². The summed E-state index contributed by atoms with van der Waals surface area (Å²) in [6, 6.07) is 6.77. The lowest BCUT2D eigenvalue weighted by Gasteiger charge is -2.10. The van der Waals surface area contributed by atoms with Gasteiger partial charge in [-0.2, -0.15) is 9.78 Å². The average molecular weight is 427 g/mol. The fraction of sp³-hybridized carbons (Fsp3) is 0.238. The molecule has 0 fully saturated rings. The standard InChI is InChI=1S/C21H21N3O5S/c1-4-7-16(25)22-19-17-15(12-30-19)18(21(27)29-6-3)23-24(20(17)26)13-8-10-14(11-9-13)28-5-2/h4,7-12H,5-6H2,1-3H3,(H,22,25)/b7-4+. The van der Waals surface area contributed by atoms with Crippen molar-refractivity contribution >= 4 is 39.0 Å². The van der Waals surface area contributed by atoms with Gasteiger partial charge in [-0.05, 0) is 51.1 Å². The number of ether oxygens (including phenoxy) is 2. The van der Waals surface area contributed by atoms with Crippen LogP contribution in [0.5, 0.6) is 5.75 Å². The smallest absolute Gasteiger partial charge is 0.359 e. The maximum Gasteiger partial charge on any atom is 0.359 e. The molecule has 0 bridgehead atoms.